The summed E-state index contributed by atoms with van der Waals surface area (Å²) < 4.78 is 5.35. The van der Waals surface area contributed by atoms with Gasteiger partial charge < -0.3 is 25.3 Å². The van der Waals surface area contributed by atoms with Crippen molar-refractivity contribution in [2.24, 2.45) is 16.6 Å². The van der Waals surface area contributed by atoms with Crippen molar-refractivity contribution in [2.45, 2.75) is 43.0 Å². The molecule has 4 rings (SSSR count). The van der Waals surface area contributed by atoms with Gasteiger partial charge >= 0.3 is 0 Å². The van der Waals surface area contributed by atoms with Crippen LogP contribution in [0.15, 0.2) is 52.2 Å². The molecule has 4 N–H and O–H groups in total. The number of aliphatic hydroxyl groups excluding tert-OH is 2. The number of fused-ring (bicyclic) bond motifs is 1. The van der Waals surface area contributed by atoms with Crippen molar-refractivity contribution >= 4 is 22.8 Å². The van der Waals surface area contributed by atoms with Crippen LogP contribution in [0.5, 0.6) is 0 Å². The molecule has 2 fully saturated rings. The van der Waals surface area contributed by atoms with Crippen LogP contribution in [0, 0.1) is 5.92 Å². The zero-order chi connectivity index (χ0) is 19.7. The molecule has 5 atom stereocenters. The van der Waals surface area contributed by atoms with E-state index in [1.165, 1.54) is 11.8 Å². The second kappa shape index (κ2) is 7.94. The van der Waals surface area contributed by atoms with E-state index in [2.05, 4.69) is 9.98 Å². The van der Waals surface area contributed by atoms with Crippen molar-refractivity contribution < 1.29 is 19.4 Å². The lowest BCUT2D eigenvalue weighted by Crippen LogP contribution is -2.58. The highest BCUT2D eigenvalue weighted by Gasteiger charge is 2.54. The topological polar surface area (TPSA) is 125 Å². The van der Waals surface area contributed by atoms with E-state index in [9.17, 15) is 15.0 Å². The van der Waals surface area contributed by atoms with Crippen LogP contribution in [0.4, 0.5) is 0 Å². The molecule has 1 amide bonds. The quantitative estimate of drug-likeness (QED) is 0.674. The van der Waals surface area contributed by atoms with Crippen LogP contribution >= 0.6 is 11.8 Å². The average molecular weight is 402 g/mol. The predicted octanol–water partition coefficient (Wildman–Crippen LogP) is 0.744. The van der Waals surface area contributed by atoms with Gasteiger partial charge in [-0.05, 0) is 30.7 Å². The van der Waals surface area contributed by atoms with Gasteiger partial charge in [-0.25, -0.2) is 0 Å². The number of primary amides is 1. The van der Waals surface area contributed by atoms with Crippen molar-refractivity contribution in [3.63, 3.8) is 0 Å². The molecule has 8 nitrogen and oxygen atoms in total. The minimum Gasteiger partial charge on any atom is -0.467 e. The number of pyridine rings is 1. The fourth-order valence-corrected chi connectivity index (χ4v) is 5.38. The van der Waals surface area contributed by atoms with E-state index in [1.807, 2.05) is 29.2 Å². The number of nitrogens with two attached hydrogens (primary N) is 1. The van der Waals surface area contributed by atoms with Crippen LogP contribution in [0.2, 0.25) is 0 Å². The zero-order valence-electron chi connectivity index (χ0n) is 15.1. The molecule has 0 spiro atoms. The molecule has 5 unspecified atom stereocenters. The summed E-state index contributed by atoms with van der Waals surface area (Å²) >= 11 is 1.42. The molecule has 0 aromatic carbocycles. The van der Waals surface area contributed by atoms with Crippen molar-refractivity contribution in [3.8, 4) is 0 Å². The Morgan fingerprint density at radius 3 is 2.89 bits per heavy atom. The van der Waals surface area contributed by atoms with Crippen molar-refractivity contribution in [1.82, 2.24) is 9.88 Å². The molecule has 1 aliphatic heterocycles. The summed E-state index contributed by atoms with van der Waals surface area (Å²) in [6.45, 7) is 0.745. The van der Waals surface area contributed by atoms with E-state index in [0.717, 1.165) is 5.69 Å². The number of aromatic nitrogens is 1. The highest BCUT2D eigenvalue weighted by molar-refractivity contribution is 8.14. The molecule has 0 radical (unpaired) electrons. The number of hydrogen-bond donors (Lipinski definition) is 3. The van der Waals surface area contributed by atoms with Gasteiger partial charge in [0.15, 0.2) is 5.17 Å². The third kappa shape index (κ3) is 3.65. The normalized spacial score (nSPS) is 31.1. The second-order valence-corrected chi connectivity index (χ2v) is 8.15. The van der Waals surface area contributed by atoms with Gasteiger partial charge in [0.05, 0.1) is 43.1 Å². The minimum absolute atomic E-state index is 0.146. The van der Waals surface area contributed by atoms with E-state index >= 15 is 0 Å². The number of furan rings is 1. The van der Waals surface area contributed by atoms with Gasteiger partial charge in [-0.15, -0.1) is 0 Å². The molecule has 1 saturated heterocycles. The van der Waals surface area contributed by atoms with Crippen LogP contribution in [0.25, 0.3) is 0 Å². The molecule has 2 aliphatic rings. The smallest absolute Gasteiger partial charge is 0.221 e. The number of rotatable bonds is 5. The lowest BCUT2D eigenvalue weighted by molar-refractivity contribution is -0.128. The maximum absolute atomic E-state index is 12.0. The van der Waals surface area contributed by atoms with Gasteiger partial charge in [0.1, 0.15) is 11.9 Å². The average Bonchev–Trinajstić information content (AvgIpc) is 3.32. The minimum atomic E-state index is -1.02. The van der Waals surface area contributed by atoms with Crippen LogP contribution < -0.4 is 5.73 Å². The molecule has 9 heteroatoms. The predicted molar refractivity (Wildman–Crippen MR) is 104 cm³/mol. The summed E-state index contributed by atoms with van der Waals surface area (Å²) in [6.07, 6.45) is 1.41. The lowest BCUT2D eigenvalue weighted by Gasteiger charge is -2.41. The molecule has 1 saturated carbocycles. The largest absolute Gasteiger partial charge is 0.467 e. The van der Waals surface area contributed by atoms with Crippen molar-refractivity contribution in [2.75, 3.05) is 0 Å². The number of nitrogens with zero attached hydrogens (tertiary/aromatic N) is 3. The number of aliphatic imine (C=N–C) groups is 1. The number of amidine groups is 1. The molecule has 1 aliphatic carbocycles. The van der Waals surface area contributed by atoms with Gasteiger partial charge in [0, 0.05) is 11.4 Å². The Balaban J connectivity index is 1.67. The van der Waals surface area contributed by atoms with Crippen molar-refractivity contribution in [1.29, 1.82) is 0 Å². The SMILES string of the molecule is NC(=O)C1CC(O)C(O)C2C1SC(=NCc1ccco1)N2Cc1ccccn1. The highest BCUT2D eigenvalue weighted by atomic mass is 32.2. The molecule has 28 heavy (non-hydrogen) atoms. The molecular formula is C19H22N4O4S. The summed E-state index contributed by atoms with van der Waals surface area (Å²) in [6, 6.07) is 8.76. The van der Waals surface area contributed by atoms with Crippen LogP contribution in [0.3, 0.4) is 0 Å². The standard InChI is InChI=1S/C19H22N4O4S/c20-18(26)13-8-14(24)16(25)15-17(13)28-19(22-9-12-5-3-7-27-12)23(15)10-11-4-1-2-6-21-11/h1-7,13-17,24-25H,8-10H2,(H2,20,26). The Morgan fingerprint density at radius 1 is 1.36 bits per heavy atom. The third-order valence-electron chi connectivity index (χ3n) is 5.19. The van der Waals surface area contributed by atoms with E-state index in [0.29, 0.717) is 24.0 Å². The van der Waals surface area contributed by atoms with Crippen LogP contribution in [-0.2, 0) is 17.9 Å². The van der Waals surface area contributed by atoms with Gasteiger partial charge in [-0.1, -0.05) is 17.8 Å². The fraction of sp³-hybridized carbons (Fsp3) is 0.421. The summed E-state index contributed by atoms with van der Waals surface area (Å²) in [5.74, 6) is -0.303. The summed E-state index contributed by atoms with van der Waals surface area (Å²) in [7, 11) is 0. The van der Waals surface area contributed by atoms with Gasteiger partial charge in [0.2, 0.25) is 5.91 Å². The van der Waals surface area contributed by atoms with E-state index in [4.69, 9.17) is 10.2 Å². The maximum atomic E-state index is 12.0. The molecule has 148 valence electrons. The first-order valence-electron chi connectivity index (χ1n) is 9.10. The Hall–Kier alpha value is -2.36. The number of hydrogen-bond acceptors (Lipinski definition) is 7. The first kappa shape index (κ1) is 19.0. The molecule has 2 aromatic heterocycles. The number of amides is 1. The van der Waals surface area contributed by atoms with Crippen LogP contribution in [0.1, 0.15) is 17.9 Å². The Kier molecular flexibility index (Phi) is 5.38. The Morgan fingerprint density at radius 2 is 2.21 bits per heavy atom. The molecule has 3 heterocycles. The van der Waals surface area contributed by atoms with Gasteiger partial charge in [0.25, 0.3) is 0 Å². The van der Waals surface area contributed by atoms with Gasteiger partial charge in [-0.3, -0.25) is 14.8 Å². The summed E-state index contributed by atoms with van der Waals surface area (Å²) in [5, 5.41) is 21.4. The molecular weight excluding hydrogens is 380 g/mol. The van der Waals surface area contributed by atoms with E-state index < -0.39 is 30.1 Å². The first-order valence-corrected chi connectivity index (χ1v) is 9.98. The Labute approximate surface area is 166 Å². The number of thioether (sulfide) groups is 1. The first-order chi connectivity index (χ1) is 13.5. The van der Waals surface area contributed by atoms with E-state index in [-0.39, 0.29) is 11.7 Å². The Bertz CT molecular complexity index is 845. The van der Waals surface area contributed by atoms with Crippen LogP contribution in [-0.4, -0.2) is 54.7 Å². The summed E-state index contributed by atoms with van der Waals surface area (Å²) in [4.78, 5) is 22.9. The second-order valence-electron chi connectivity index (χ2n) is 7.00. The lowest BCUT2D eigenvalue weighted by atomic mass is 9.80. The maximum Gasteiger partial charge on any atom is 0.221 e. The molecule has 0 bridgehead atoms. The number of aliphatic hydroxyl groups is 2. The third-order valence-corrected chi connectivity index (χ3v) is 6.65. The van der Waals surface area contributed by atoms with Crippen molar-refractivity contribution in [3.05, 3.63) is 54.2 Å². The summed E-state index contributed by atoms with van der Waals surface area (Å²) in [5.41, 5.74) is 6.40. The molecule has 2 aromatic rings. The van der Waals surface area contributed by atoms with E-state index in [1.54, 1.807) is 18.5 Å². The number of carbonyl (C=O) groups excluding carboxylic acids is 1. The monoisotopic (exact) mass is 402 g/mol. The van der Waals surface area contributed by atoms with Gasteiger partial charge in [-0.2, -0.15) is 0 Å². The number of carbonyl (C=O) groups is 1. The zero-order valence-corrected chi connectivity index (χ0v) is 15.9. The fourth-order valence-electron chi connectivity index (χ4n) is 3.82. The highest BCUT2D eigenvalue weighted by Crippen LogP contribution is 2.44.